The summed E-state index contributed by atoms with van der Waals surface area (Å²) in [6.45, 7) is 0.360. The number of carbonyl (C=O) groups excluding carboxylic acids is 3. The van der Waals surface area contributed by atoms with E-state index in [2.05, 4.69) is 25.9 Å². The molecule has 15 heteroatoms. The van der Waals surface area contributed by atoms with E-state index in [1.807, 2.05) is 6.26 Å². The van der Waals surface area contributed by atoms with Crippen molar-refractivity contribution in [2.24, 2.45) is 11.5 Å². The fourth-order valence-corrected chi connectivity index (χ4v) is 3.81. The van der Waals surface area contributed by atoms with Crippen LogP contribution in [-0.4, -0.2) is 92.6 Å². The number of amides is 3. The monoisotopic (exact) mass is 543 g/mol. The zero-order valence-corrected chi connectivity index (χ0v) is 21.6. The molecule has 0 aliphatic rings. The molecule has 0 aromatic carbocycles. The standard InChI is InChI=1S/C22H37N7O7S/c1-37-9-7-16(27-19(32)14(24)10-13-11-25-12-26-13)21(34)28-15(4-2-3-8-23)20(33)29-17(22(35)36)5-6-18(30)31/h11-12,14-17H,2-10,23-24H2,1H3,(H,25,26)(H,27,32)(H,28,34)(H,29,33)(H,30,31)(H,35,36). The molecule has 0 aliphatic heterocycles. The number of carboxylic acid groups (broad SMARTS) is 2. The van der Waals surface area contributed by atoms with Crippen LogP contribution in [0.25, 0.3) is 0 Å². The summed E-state index contributed by atoms with van der Waals surface area (Å²) in [5, 5.41) is 25.7. The van der Waals surface area contributed by atoms with Crippen LogP contribution in [-0.2, 0) is 30.4 Å². The highest BCUT2D eigenvalue weighted by molar-refractivity contribution is 7.98. The number of hydrogen-bond acceptors (Lipinski definition) is 9. The Labute approximate surface area is 219 Å². The molecule has 0 fully saturated rings. The van der Waals surface area contributed by atoms with Crippen LogP contribution >= 0.6 is 11.8 Å². The lowest BCUT2D eigenvalue weighted by molar-refractivity contribution is -0.143. The molecular weight excluding hydrogens is 506 g/mol. The summed E-state index contributed by atoms with van der Waals surface area (Å²) in [6.07, 6.45) is 5.72. The van der Waals surface area contributed by atoms with Gasteiger partial charge in [-0.2, -0.15) is 11.8 Å². The number of nitrogens with two attached hydrogens (primary N) is 2. The molecule has 4 atom stereocenters. The Balaban J connectivity index is 2.93. The predicted molar refractivity (Wildman–Crippen MR) is 136 cm³/mol. The van der Waals surface area contributed by atoms with E-state index in [0.29, 0.717) is 30.8 Å². The first-order valence-electron chi connectivity index (χ1n) is 11.9. The Kier molecular flexibility index (Phi) is 14.9. The van der Waals surface area contributed by atoms with Gasteiger partial charge in [-0.1, -0.05) is 0 Å². The average molecular weight is 544 g/mol. The Morgan fingerprint density at radius 3 is 2.14 bits per heavy atom. The predicted octanol–water partition coefficient (Wildman–Crippen LogP) is -1.43. The minimum Gasteiger partial charge on any atom is -0.481 e. The van der Waals surface area contributed by atoms with Crippen molar-refractivity contribution >= 4 is 41.4 Å². The summed E-state index contributed by atoms with van der Waals surface area (Å²) >= 11 is 1.47. The summed E-state index contributed by atoms with van der Waals surface area (Å²) in [4.78, 5) is 67.7. The highest BCUT2D eigenvalue weighted by Crippen LogP contribution is 2.07. The van der Waals surface area contributed by atoms with Gasteiger partial charge in [0.1, 0.15) is 18.1 Å². The van der Waals surface area contributed by atoms with Crippen molar-refractivity contribution < 1.29 is 34.2 Å². The van der Waals surface area contributed by atoms with Crippen molar-refractivity contribution in [1.29, 1.82) is 0 Å². The van der Waals surface area contributed by atoms with Crippen molar-refractivity contribution in [2.75, 3.05) is 18.6 Å². The summed E-state index contributed by atoms with van der Waals surface area (Å²) in [5.74, 6) is -4.01. The molecule has 1 aromatic heterocycles. The van der Waals surface area contributed by atoms with E-state index in [9.17, 15) is 29.1 Å². The van der Waals surface area contributed by atoms with Gasteiger partial charge >= 0.3 is 11.9 Å². The number of carboxylic acids is 2. The minimum absolute atomic E-state index is 0.169. The molecule has 0 saturated heterocycles. The molecule has 1 aromatic rings. The average Bonchev–Trinajstić information content (AvgIpc) is 3.36. The molecule has 37 heavy (non-hydrogen) atoms. The molecule has 1 rings (SSSR count). The van der Waals surface area contributed by atoms with Gasteiger partial charge in [0, 0.05) is 24.7 Å². The lowest BCUT2D eigenvalue weighted by atomic mass is 10.1. The second-order valence-electron chi connectivity index (χ2n) is 8.41. The summed E-state index contributed by atoms with van der Waals surface area (Å²) in [5.41, 5.74) is 12.2. The number of nitrogens with zero attached hydrogens (tertiary/aromatic N) is 1. The second kappa shape index (κ2) is 17.3. The molecule has 3 amide bonds. The highest BCUT2D eigenvalue weighted by Gasteiger charge is 2.30. The number of rotatable bonds is 19. The Bertz CT molecular complexity index is 885. The van der Waals surface area contributed by atoms with Gasteiger partial charge < -0.3 is 42.6 Å². The molecule has 0 spiro atoms. The fourth-order valence-electron chi connectivity index (χ4n) is 3.34. The Morgan fingerprint density at radius 1 is 0.973 bits per heavy atom. The maximum Gasteiger partial charge on any atom is 0.326 e. The van der Waals surface area contributed by atoms with E-state index >= 15 is 0 Å². The van der Waals surface area contributed by atoms with E-state index in [4.69, 9.17) is 16.6 Å². The zero-order chi connectivity index (χ0) is 27.8. The maximum absolute atomic E-state index is 13.1. The molecule has 4 unspecified atom stereocenters. The third-order valence-corrected chi connectivity index (χ3v) is 6.06. The van der Waals surface area contributed by atoms with Crippen LogP contribution in [0.1, 0.15) is 44.2 Å². The van der Waals surface area contributed by atoms with Crippen LogP contribution in [0.3, 0.4) is 0 Å². The van der Waals surface area contributed by atoms with Gasteiger partial charge in [0.2, 0.25) is 17.7 Å². The Hall–Kier alpha value is -3.17. The van der Waals surface area contributed by atoms with Gasteiger partial charge in [-0.15, -0.1) is 0 Å². The number of aliphatic carboxylic acids is 2. The molecule has 208 valence electrons. The Morgan fingerprint density at radius 2 is 1.59 bits per heavy atom. The lowest BCUT2D eigenvalue weighted by Gasteiger charge is -2.25. The maximum atomic E-state index is 13.1. The third kappa shape index (κ3) is 12.6. The van der Waals surface area contributed by atoms with E-state index < -0.39 is 60.2 Å². The first-order valence-corrected chi connectivity index (χ1v) is 13.3. The molecule has 0 saturated carbocycles. The van der Waals surface area contributed by atoms with Crippen LogP contribution in [0.15, 0.2) is 12.5 Å². The zero-order valence-electron chi connectivity index (χ0n) is 20.8. The van der Waals surface area contributed by atoms with E-state index in [-0.39, 0.29) is 25.7 Å². The van der Waals surface area contributed by atoms with Crippen molar-refractivity contribution in [3.63, 3.8) is 0 Å². The minimum atomic E-state index is -1.44. The van der Waals surface area contributed by atoms with Gasteiger partial charge in [0.05, 0.1) is 12.4 Å². The summed E-state index contributed by atoms with van der Waals surface area (Å²) in [6, 6.07) is -4.48. The number of aromatic amines is 1. The number of carbonyl (C=O) groups is 5. The fraction of sp³-hybridized carbons (Fsp3) is 0.636. The third-order valence-electron chi connectivity index (χ3n) is 5.42. The van der Waals surface area contributed by atoms with E-state index in [1.54, 1.807) is 0 Å². The van der Waals surface area contributed by atoms with Crippen LogP contribution in [0.4, 0.5) is 0 Å². The van der Waals surface area contributed by atoms with Crippen molar-refractivity contribution in [1.82, 2.24) is 25.9 Å². The number of unbranched alkanes of at least 4 members (excludes halogenated alkanes) is 1. The molecule has 1 heterocycles. The van der Waals surface area contributed by atoms with Gasteiger partial charge in [-0.3, -0.25) is 19.2 Å². The molecule has 0 aliphatic carbocycles. The number of thioether (sulfide) groups is 1. The topological polar surface area (TPSA) is 243 Å². The van der Waals surface area contributed by atoms with Gasteiger partial charge in [0.25, 0.3) is 0 Å². The van der Waals surface area contributed by atoms with Gasteiger partial charge in [0.15, 0.2) is 0 Å². The number of hydrogen-bond donors (Lipinski definition) is 8. The highest BCUT2D eigenvalue weighted by atomic mass is 32.2. The molecular formula is C22H37N7O7S. The molecule has 0 radical (unpaired) electrons. The van der Waals surface area contributed by atoms with Crippen LogP contribution in [0.5, 0.6) is 0 Å². The first kappa shape index (κ1) is 31.9. The number of nitrogens with one attached hydrogen (secondary N) is 4. The van der Waals surface area contributed by atoms with Crippen LogP contribution < -0.4 is 27.4 Å². The van der Waals surface area contributed by atoms with Crippen LogP contribution in [0, 0.1) is 0 Å². The number of imidazole rings is 1. The number of aromatic nitrogens is 2. The molecule has 14 nitrogen and oxygen atoms in total. The SMILES string of the molecule is CSCCC(NC(=O)C(N)Cc1cnc[nH]1)C(=O)NC(CCCCN)C(=O)NC(CCC(=O)O)C(=O)O. The normalized spacial score (nSPS) is 14.1. The quantitative estimate of drug-likeness (QED) is 0.0939. The largest absolute Gasteiger partial charge is 0.481 e. The first-order chi connectivity index (χ1) is 17.6. The number of H-pyrrole nitrogens is 1. The van der Waals surface area contributed by atoms with Crippen molar-refractivity contribution in [2.45, 2.75) is 69.1 Å². The molecule has 10 N–H and O–H groups in total. The van der Waals surface area contributed by atoms with E-state index in [0.717, 1.165) is 0 Å². The lowest BCUT2D eigenvalue weighted by Crippen LogP contribution is -2.57. The van der Waals surface area contributed by atoms with Crippen LogP contribution in [0.2, 0.25) is 0 Å². The smallest absolute Gasteiger partial charge is 0.326 e. The van der Waals surface area contributed by atoms with Gasteiger partial charge in [-0.25, -0.2) is 9.78 Å². The van der Waals surface area contributed by atoms with Crippen molar-refractivity contribution in [3.05, 3.63) is 18.2 Å². The summed E-state index contributed by atoms with van der Waals surface area (Å²) < 4.78 is 0. The summed E-state index contributed by atoms with van der Waals surface area (Å²) in [7, 11) is 0. The van der Waals surface area contributed by atoms with Crippen molar-refractivity contribution in [3.8, 4) is 0 Å². The molecule has 0 bridgehead atoms. The van der Waals surface area contributed by atoms with E-state index in [1.165, 1.54) is 24.3 Å². The van der Waals surface area contributed by atoms with Gasteiger partial charge in [-0.05, 0) is 50.7 Å². The second-order valence-corrected chi connectivity index (χ2v) is 9.39.